The normalized spacial score (nSPS) is 11.6. The summed E-state index contributed by atoms with van der Waals surface area (Å²) in [6, 6.07) is 17.8. The minimum atomic E-state index is -4.45. The lowest BCUT2D eigenvalue weighted by Gasteiger charge is -2.14. The molecule has 2 N–H and O–H groups in total. The highest BCUT2D eigenvalue weighted by molar-refractivity contribution is 5.80. The zero-order chi connectivity index (χ0) is 27.4. The van der Waals surface area contributed by atoms with Crippen molar-refractivity contribution in [1.29, 1.82) is 0 Å². The number of aryl methyl sites for hydroxylation is 2. The molecule has 0 aliphatic rings. The Morgan fingerprint density at radius 1 is 0.974 bits per heavy atom. The number of nitrogens with zero attached hydrogens (tertiary/aromatic N) is 3. The van der Waals surface area contributed by atoms with Crippen LogP contribution in [0.5, 0.6) is 0 Å². The number of pyridine rings is 1. The molecule has 3 heterocycles. The third-order valence-electron chi connectivity index (χ3n) is 6.35. The first kappa shape index (κ1) is 25.9. The maximum absolute atomic E-state index is 13.5. The summed E-state index contributed by atoms with van der Waals surface area (Å²) in [6.45, 7) is -0.0135. The predicted molar refractivity (Wildman–Crippen MR) is 141 cm³/mol. The van der Waals surface area contributed by atoms with Gasteiger partial charge in [-0.2, -0.15) is 13.2 Å². The van der Waals surface area contributed by atoms with Crippen LogP contribution in [-0.4, -0.2) is 25.4 Å². The number of benzene rings is 2. The van der Waals surface area contributed by atoms with Crippen molar-refractivity contribution in [3.63, 3.8) is 0 Å². The average Bonchev–Trinajstić information content (AvgIpc) is 3.36. The van der Waals surface area contributed by atoms with E-state index < -0.39 is 17.3 Å². The molecule has 198 valence electrons. The van der Waals surface area contributed by atoms with Gasteiger partial charge in [0.15, 0.2) is 0 Å². The topological polar surface area (TPSA) is 92.7 Å². The van der Waals surface area contributed by atoms with Crippen LogP contribution >= 0.6 is 0 Å². The first-order valence-corrected chi connectivity index (χ1v) is 12.3. The van der Waals surface area contributed by atoms with Crippen LogP contribution in [0.2, 0.25) is 0 Å². The third-order valence-corrected chi connectivity index (χ3v) is 6.35. The molecule has 0 saturated heterocycles. The van der Waals surface area contributed by atoms with E-state index in [0.29, 0.717) is 16.8 Å². The number of fused-ring (bicyclic) bond motifs is 1. The largest absolute Gasteiger partial charge is 0.416 e. The van der Waals surface area contributed by atoms with Gasteiger partial charge in [0.2, 0.25) is 5.91 Å². The Morgan fingerprint density at radius 3 is 2.56 bits per heavy atom. The van der Waals surface area contributed by atoms with Crippen molar-refractivity contribution in [1.82, 2.24) is 24.8 Å². The molecule has 0 unspecified atom stereocenters. The molecule has 1 amide bonds. The molecule has 5 rings (SSSR count). The summed E-state index contributed by atoms with van der Waals surface area (Å²) in [6.07, 6.45) is 0.789. The summed E-state index contributed by atoms with van der Waals surface area (Å²) < 4.78 is 40.6. The van der Waals surface area contributed by atoms with Crippen molar-refractivity contribution in [2.45, 2.75) is 32.1 Å². The lowest BCUT2D eigenvalue weighted by atomic mass is 10.0. The van der Waals surface area contributed by atoms with E-state index in [9.17, 15) is 22.8 Å². The molecule has 0 radical (unpaired) electrons. The monoisotopic (exact) mass is 531 g/mol. The fraction of sp³-hybridized carbons (Fsp3) is 0.172. The molecule has 2 aromatic carbocycles. The van der Waals surface area contributed by atoms with Gasteiger partial charge in [0, 0.05) is 29.0 Å². The summed E-state index contributed by atoms with van der Waals surface area (Å²) in [5.41, 5.74) is 2.27. The van der Waals surface area contributed by atoms with Gasteiger partial charge in [-0.05, 0) is 42.2 Å². The van der Waals surface area contributed by atoms with Gasteiger partial charge in [-0.25, -0.2) is 0 Å². The standard InChI is InChI=1S/C29H24F3N5O2/c30-29(31,32)22-8-4-5-19(13-22)9-10-25-28(39)37(26(17-34-25)20-6-2-1-3-7-20)18-27(38)35-16-23-14-21-15-33-12-11-24(21)36-23/h1-8,11-15,17,36H,9-10,16,18H2,(H,35,38). The number of aromatic amines is 1. The van der Waals surface area contributed by atoms with Crippen LogP contribution in [0.3, 0.4) is 0 Å². The van der Waals surface area contributed by atoms with Crippen molar-refractivity contribution in [2.75, 3.05) is 0 Å². The van der Waals surface area contributed by atoms with Gasteiger partial charge >= 0.3 is 6.18 Å². The molecule has 5 aromatic rings. The lowest BCUT2D eigenvalue weighted by Crippen LogP contribution is -2.34. The minimum Gasteiger partial charge on any atom is -0.357 e. The second-order valence-corrected chi connectivity index (χ2v) is 9.08. The Hall–Kier alpha value is -4.73. The Kier molecular flexibility index (Phi) is 7.27. The van der Waals surface area contributed by atoms with Gasteiger partial charge < -0.3 is 10.3 Å². The van der Waals surface area contributed by atoms with E-state index in [1.54, 1.807) is 18.5 Å². The highest BCUT2D eigenvalue weighted by Gasteiger charge is 2.30. The Labute approximate surface area is 221 Å². The molecule has 0 bridgehead atoms. The van der Waals surface area contributed by atoms with Crippen molar-refractivity contribution in [3.8, 4) is 11.3 Å². The Balaban J connectivity index is 1.37. The number of carbonyl (C=O) groups is 1. The summed E-state index contributed by atoms with van der Waals surface area (Å²) >= 11 is 0. The SMILES string of the molecule is O=C(Cn1c(-c2ccccc2)cnc(CCc2cccc(C(F)(F)F)c2)c1=O)NCc1cc2cnccc2[nH]1. The minimum absolute atomic E-state index is 0.125. The third kappa shape index (κ3) is 6.06. The van der Waals surface area contributed by atoms with Crippen molar-refractivity contribution < 1.29 is 18.0 Å². The molecule has 10 heteroatoms. The fourth-order valence-electron chi connectivity index (χ4n) is 4.38. The van der Waals surface area contributed by atoms with E-state index in [1.165, 1.54) is 16.8 Å². The second kappa shape index (κ2) is 10.9. The van der Waals surface area contributed by atoms with Crippen molar-refractivity contribution >= 4 is 16.8 Å². The van der Waals surface area contributed by atoms with E-state index in [0.717, 1.165) is 28.7 Å². The molecular formula is C29H24F3N5O2. The summed E-state index contributed by atoms with van der Waals surface area (Å²) in [7, 11) is 0. The molecule has 39 heavy (non-hydrogen) atoms. The molecule has 0 atom stereocenters. The number of amides is 1. The number of H-pyrrole nitrogens is 1. The molecule has 0 spiro atoms. The number of carbonyl (C=O) groups excluding carboxylic acids is 1. The lowest BCUT2D eigenvalue weighted by molar-refractivity contribution is -0.137. The number of hydrogen-bond acceptors (Lipinski definition) is 4. The van der Waals surface area contributed by atoms with Gasteiger partial charge in [-0.15, -0.1) is 0 Å². The van der Waals surface area contributed by atoms with Gasteiger partial charge in [-0.3, -0.25) is 24.1 Å². The van der Waals surface area contributed by atoms with Crippen LogP contribution in [0.4, 0.5) is 13.2 Å². The number of aromatic nitrogens is 4. The average molecular weight is 532 g/mol. The van der Waals surface area contributed by atoms with Crippen LogP contribution < -0.4 is 10.9 Å². The molecular weight excluding hydrogens is 507 g/mol. The zero-order valence-electron chi connectivity index (χ0n) is 20.7. The number of halogens is 3. The summed E-state index contributed by atoms with van der Waals surface area (Å²) in [4.78, 5) is 38.0. The molecule has 3 aromatic heterocycles. The molecule has 0 aliphatic heterocycles. The van der Waals surface area contributed by atoms with Gasteiger partial charge in [-0.1, -0.05) is 48.5 Å². The smallest absolute Gasteiger partial charge is 0.357 e. The molecule has 7 nitrogen and oxygen atoms in total. The highest BCUT2D eigenvalue weighted by atomic mass is 19.4. The Morgan fingerprint density at radius 2 is 1.79 bits per heavy atom. The summed E-state index contributed by atoms with van der Waals surface area (Å²) in [5.74, 6) is -0.374. The number of alkyl halides is 3. The van der Waals surface area contributed by atoms with E-state index in [4.69, 9.17) is 0 Å². The molecule has 0 aliphatic carbocycles. The Bertz CT molecular complexity index is 1640. The van der Waals surface area contributed by atoms with Crippen LogP contribution in [0.15, 0.2) is 90.1 Å². The van der Waals surface area contributed by atoms with Gasteiger partial charge in [0.1, 0.15) is 12.2 Å². The number of hydrogen-bond donors (Lipinski definition) is 2. The second-order valence-electron chi connectivity index (χ2n) is 9.08. The molecule has 0 saturated carbocycles. The molecule has 0 fully saturated rings. The van der Waals surface area contributed by atoms with Gasteiger partial charge in [0.05, 0.1) is 24.0 Å². The van der Waals surface area contributed by atoms with Crippen LogP contribution in [0.1, 0.15) is 22.5 Å². The van der Waals surface area contributed by atoms with Gasteiger partial charge in [0.25, 0.3) is 5.56 Å². The van der Waals surface area contributed by atoms with E-state index in [1.807, 2.05) is 42.5 Å². The van der Waals surface area contributed by atoms with Crippen LogP contribution in [-0.2, 0) is 36.9 Å². The fourth-order valence-corrected chi connectivity index (χ4v) is 4.38. The van der Waals surface area contributed by atoms with Crippen molar-refractivity contribution in [3.05, 3.63) is 118 Å². The summed E-state index contributed by atoms with van der Waals surface area (Å²) in [5, 5.41) is 3.75. The van der Waals surface area contributed by atoms with E-state index in [-0.39, 0.29) is 37.5 Å². The predicted octanol–water partition coefficient (Wildman–Crippen LogP) is 4.91. The maximum atomic E-state index is 13.5. The highest BCUT2D eigenvalue weighted by Crippen LogP contribution is 2.29. The maximum Gasteiger partial charge on any atom is 0.416 e. The first-order chi connectivity index (χ1) is 18.8. The van der Waals surface area contributed by atoms with E-state index in [2.05, 4.69) is 20.3 Å². The van der Waals surface area contributed by atoms with E-state index >= 15 is 0 Å². The van der Waals surface area contributed by atoms with Crippen LogP contribution in [0.25, 0.3) is 22.2 Å². The van der Waals surface area contributed by atoms with Crippen molar-refractivity contribution in [2.24, 2.45) is 0 Å². The first-order valence-electron chi connectivity index (χ1n) is 12.3. The number of nitrogens with one attached hydrogen (secondary N) is 2. The van der Waals surface area contributed by atoms with Crippen LogP contribution in [0, 0.1) is 0 Å². The zero-order valence-corrected chi connectivity index (χ0v) is 20.7. The number of rotatable bonds is 8. The quantitative estimate of drug-likeness (QED) is 0.298.